The van der Waals surface area contributed by atoms with Crippen LogP contribution in [0.15, 0.2) is 29.6 Å². The second-order valence-electron chi connectivity index (χ2n) is 5.56. The standard InChI is InChI=1S/C16H18FN3OS.2ClH/c17-12-3-1-11(2-4-12)9-15-19-14(10-22-15)16(21)20-7-5-13(18)6-8-20;;/h1-4,10,13H,5-9,18H2;2*1H. The molecule has 0 saturated carbocycles. The second-order valence-corrected chi connectivity index (χ2v) is 6.50. The molecule has 3 rings (SSSR count). The largest absolute Gasteiger partial charge is 0.337 e. The molecule has 1 aromatic heterocycles. The summed E-state index contributed by atoms with van der Waals surface area (Å²) in [4.78, 5) is 18.6. The van der Waals surface area contributed by atoms with Crippen molar-refractivity contribution in [1.29, 1.82) is 0 Å². The number of likely N-dealkylation sites (tertiary alicyclic amines) is 1. The molecule has 0 aliphatic carbocycles. The zero-order valence-electron chi connectivity index (χ0n) is 13.0. The monoisotopic (exact) mass is 391 g/mol. The molecule has 1 aliphatic heterocycles. The second kappa shape index (κ2) is 9.32. The van der Waals surface area contributed by atoms with Crippen LogP contribution in [0.2, 0.25) is 0 Å². The van der Waals surface area contributed by atoms with Crippen LogP contribution in [0.1, 0.15) is 33.9 Å². The van der Waals surface area contributed by atoms with Gasteiger partial charge in [-0.05, 0) is 30.5 Å². The van der Waals surface area contributed by atoms with Crippen molar-refractivity contribution in [2.45, 2.75) is 25.3 Å². The van der Waals surface area contributed by atoms with Crippen LogP contribution in [0.3, 0.4) is 0 Å². The Bertz CT molecular complexity index is 658. The third-order valence-electron chi connectivity index (χ3n) is 3.87. The first-order valence-electron chi connectivity index (χ1n) is 7.35. The first kappa shape index (κ1) is 20.8. The van der Waals surface area contributed by atoms with Gasteiger partial charge in [0.25, 0.3) is 5.91 Å². The number of benzene rings is 1. The average molecular weight is 392 g/mol. The van der Waals surface area contributed by atoms with E-state index in [-0.39, 0.29) is 42.6 Å². The lowest BCUT2D eigenvalue weighted by Gasteiger charge is -2.29. The number of hydrogen-bond acceptors (Lipinski definition) is 4. The lowest BCUT2D eigenvalue weighted by Crippen LogP contribution is -2.42. The molecule has 2 heterocycles. The SMILES string of the molecule is Cl.Cl.NC1CCN(C(=O)c2csc(Cc3ccc(F)cc3)n2)CC1. The molecule has 0 atom stereocenters. The molecule has 132 valence electrons. The van der Waals surface area contributed by atoms with Gasteiger partial charge in [-0.15, -0.1) is 36.2 Å². The van der Waals surface area contributed by atoms with Gasteiger partial charge in [-0.3, -0.25) is 4.79 Å². The third kappa shape index (κ3) is 5.14. The summed E-state index contributed by atoms with van der Waals surface area (Å²) < 4.78 is 12.9. The highest BCUT2D eigenvalue weighted by Crippen LogP contribution is 2.18. The number of hydrogen-bond donors (Lipinski definition) is 1. The summed E-state index contributed by atoms with van der Waals surface area (Å²) in [6.45, 7) is 1.40. The predicted molar refractivity (Wildman–Crippen MR) is 98.9 cm³/mol. The fourth-order valence-electron chi connectivity index (χ4n) is 2.53. The number of rotatable bonds is 3. The number of thiazole rings is 1. The summed E-state index contributed by atoms with van der Waals surface area (Å²) in [7, 11) is 0. The van der Waals surface area contributed by atoms with Crippen LogP contribution in [-0.4, -0.2) is 34.9 Å². The Hall–Kier alpha value is -1.21. The molecule has 0 radical (unpaired) electrons. The quantitative estimate of drug-likeness (QED) is 0.872. The van der Waals surface area contributed by atoms with Crippen molar-refractivity contribution in [1.82, 2.24) is 9.88 Å². The van der Waals surface area contributed by atoms with Crippen molar-refractivity contribution >= 4 is 42.1 Å². The molecule has 24 heavy (non-hydrogen) atoms. The molecular weight excluding hydrogens is 372 g/mol. The summed E-state index contributed by atoms with van der Waals surface area (Å²) in [5.74, 6) is -0.268. The van der Waals surface area contributed by atoms with Crippen molar-refractivity contribution in [2.24, 2.45) is 5.73 Å². The Morgan fingerprint density at radius 3 is 2.50 bits per heavy atom. The summed E-state index contributed by atoms with van der Waals surface area (Å²) in [6, 6.07) is 6.56. The van der Waals surface area contributed by atoms with E-state index in [1.54, 1.807) is 17.5 Å². The van der Waals surface area contributed by atoms with Gasteiger partial charge in [0.15, 0.2) is 0 Å². The first-order valence-corrected chi connectivity index (χ1v) is 8.23. The molecule has 1 fully saturated rings. The summed E-state index contributed by atoms with van der Waals surface area (Å²) in [6.07, 6.45) is 2.31. The van der Waals surface area contributed by atoms with Crippen LogP contribution in [-0.2, 0) is 6.42 Å². The van der Waals surface area contributed by atoms with Crippen LogP contribution in [0, 0.1) is 5.82 Å². The Morgan fingerprint density at radius 2 is 1.88 bits per heavy atom. The van der Waals surface area contributed by atoms with Gasteiger partial charge >= 0.3 is 0 Å². The molecule has 1 saturated heterocycles. The van der Waals surface area contributed by atoms with Gasteiger partial charge < -0.3 is 10.6 Å². The molecule has 2 N–H and O–H groups in total. The van der Waals surface area contributed by atoms with E-state index in [4.69, 9.17) is 5.73 Å². The van der Waals surface area contributed by atoms with E-state index in [1.807, 2.05) is 4.90 Å². The van der Waals surface area contributed by atoms with Crippen molar-refractivity contribution in [3.05, 3.63) is 51.7 Å². The van der Waals surface area contributed by atoms with Crippen molar-refractivity contribution in [2.75, 3.05) is 13.1 Å². The fraction of sp³-hybridized carbons (Fsp3) is 0.375. The highest BCUT2D eigenvalue weighted by atomic mass is 35.5. The number of aromatic nitrogens is 1. The molecule has 2 aromatic rings. The van der Waals surface area contributed by atoms with Gasteiger partial charge in [-0.25, -0.2) is 9.37 Å². The van der Waals surface area contributed by atoms with Gasteiger partial charge in [0.05, 0.1) is 5.01 Å². The van der Waals surface area contributed by atoms with Crippen LogP contribution < -0.4 is 5.73 Å². The average Bonchev–Trinajstić information content (AvgIpc) is 2.98. The molecule has 0 bridgehead atoms. The van der Waals surface area contributed by atoms with Gasteiger partial charge in [0.2, 0.25) is 0 Å². The van der Waals surface area contributed by atoms with Crippen LogP contribution in [0.4, 0.5) is 4.39 Å². The molecule has 0 unspecified atom stereocenters. The molecule has 8 heteroatoms. The highest BCUT2D eigenvalue weighted by molar-refractivity contribution is 7.09. The predicted octanol–water partition coefficient (Wildman–Crippen LogP) is 3.28. The summed E-state index contributed by atoms with van der Waals surface area (Å²) >= 11 is 1.46. The zero-order valence-corrected chi connectivity index (χ0v) is 15.4. The Labute approximate surface area is 157 Å². The highest BCUT2D eigenvalue weighted by Gasteiger charge is 2.23. The van der Waals surface area contributed by atoms with Crippen molar-refractivity contribution < 1.29 is 9.18 Å². The van der Waals surface area contributed by atoms with E-state index >= 15 is 0 Å². The molecule has 0 spiro atoms. The number of carbonyl (C=O) groups excluding carboxylic acids is 1. The Kier molecular flexibility index (Phi) is 8.09. The number of nitrogens with zero attached hydrogens (tertiary/aromatic N) is 2. The van der Waals surface area contributed by atoms with Gasteiger partial charge in [0.1, 0.15) is 11.5 Å². The van der Waals surface area contributed by atoms with E-state index in [0.717, 1.165) is 23.4 Å². The van der Waals surface area contributed by atoms with E-state index in [1.165, 1.54) is 23.5 Å². The fourth-order valence-corrected chi connectivity index (χ4v) is 3.33. The van der Waals surface area contributed by atoms with Crippen LogP contribution in [0.25, 0.3) is 0 Å². The van der Waals surface area contributed by atoms with Crippen molar-refractivity contribution in [3.8, 4) is 0 Å². The van der Waals surface area contributed by atoms with Crippen LogP contribution in [0.5, 0.6) is 0 Å². The maximum Gasteiger partial charge on any atom is 0.273 e. The normalized spacial score (nSPS) is 14.7. The van der Waals surface area contributed by atoms with Crippen LogP contribution >= 0.6 is 36.2 Å². The van der Waals surface area contributed by atoms with Crippen molar-refractivity contribution in [3.63, 3.8) is 0 Å². The number of carbonyl (C=O) groups is 1. The number of nitrogens with two attached hydrogens (primary N) is 1. The topological polar surface area (TPSA) is 59.2 Å². The van der Waals surface area contributed by atoms with Gasteiger partial charge in [-0.2, -0.15) is 0 Å². The molecule has 4 nitrogen and oxygen atoms in total. The molecule has 1 amide bonds. The number of halogens is 3. The lowest BCUT2D eigenvalue weighted by molar-refractivity contribution is 0.0709. The maximum atomic E-state index is 12.9. The van der Waals surface area contributed by atoms with E-state index in [9.17, 15) is 9.18 Å². The van der Waals surface area contributed by atoms with E-state index in [2.05, 4.69) is 4.98 Å². The number of piperidine rings is 1. The maximum absolute atomic E-state index is 12.9. The molecular formula is C16H20Cl2FN3OS. The smallest absolute Gasteiger partial charge is 0.273 e. The van der Waals surface area contributed by atoms with Gasteiger partial charge in [-0.1, -0.05) is 12.1 Å². The molecule has 1 aliphatic rings. The lowest BCUT2D eigenvalue weighted by atomic mass is 10.1. The minimum Gasteiger partial charge on any atom is -0.337 e. The Balaban J connectivity index is 0.00000144. The first-order chi connectivity index (χ1) is 10.6. The van der Waals surface area contributed by atoms with E-state index in [0.29, 0.717) is 25.2 Å². The third-order valence-corrected chi connectivity index (χ3v) is 4.72. The Morgan fingerprint density at radius 1 is 1.25 bits per heavy atom. The summed E-state index contributed by atoms with van der Waals surface area (Å²) in [5.41, 5.74) is 7.34. The number of amides is 1. The minimum atomic E-state index is -0.248. The van der Waals surface area contributed by atoms with Gasteiger partial charge in [0, 0.05) is 30.9 Å². The zero-order chi connectivity index (χ0) is 15.5. The summed E-state index contributed by atoms with van der Waals surface area (Å²) in [5, 5.41) is 2.67. The van der Waals surface area contributed by atoms with E-state index < -0.39 is 0 Å². The molecule has 1 aromatic carbocycles. The minimum absolute atomic E-state index is 0.